The molecule has 2 fully saturated rings. The van der Waals surface area contributed by atoms with E-state index in [1.54, 1.807) is 11.8 Å². The number of likely N-dealkylation sites (tertiary alicyclic amines) is 1. The van der Waals surface area contributed by atoms with E-state index in [4.69, 9.17) is 4.74 Å². The summed E-state index contributed by atoms with van der Waals surface area (Å²) < 4.78 is 4.99. The molecule has 124 valence electrons. The minimum Gasteiger partial charge on any atom is -0.382 e. The number of hydrogen-bond acceptors (Lipinski definition) is 4. The van der Waals surface area contributed by atoms with Crippen LogP contribution in [0.2, 0.25) is 0 Å². The number of imide groups is 1. The van der Waals surface area contributed by atoms with Gasteiger partial charge in [-0.3, -0.25) is 14.5 Å². The zero-order valence-corrected chi connectivity index (χ0v) is 13.4. The number of carbonyl (C=O) groups excluding carboxylic acids is 3. The standard InChI is InChI=1S/C15H25N3O4/c1-15(11-22-2)13(20)18(14(21)16-15)10-12(19)17-8-6-4-3-5-7-9-17/h3-11H2,1-2H3,(H,16,21)/t15-/m1/s1. The molecule has 0 aromatic heterocycles. The minimum atomic E-state index is -1.08. The fourth-order valence-electron chi connectivity index (χ4n) is 3.01. The molecule has 1 atom stereocenters. The molecule has 2 aliphatic heterocycles. The molecule has 7 heteroatoms. The molecule has 1 N–H and O–H groups in total. The van der Waals surface area contributed by atoms with Crippen molar-refractivity contribution in [2.75, 3.05) is 33.4 Å². The van der Waals surface area contributed by atoms with E-state index in [-0.39, 0.29) is 19.1 Å². The van der Waals surface area contributed by atoms with Crippen LogP contribution < -0.4 is 5.32 Å². The van der Waals surface area contributed by atoms with Crippen molar-refractivity contribution in [3.05, 3.63) is 0 Å². The predicted molar refractivity (Wildman–Crippen MR) is 80.2 cm³/mol. The van der Waals surface area contributed by atoms with Gasteiger partial charge >= 0.3 is 6.03 Å². The van der Waals surface area contributed by atoms with Gasteiger partial charge in [0.2, 0.25) is 5.91 Å². The molecule has 0 bridgehead atoms. The van der Waals surface area contributed by atoms with E-state index in [1.807, 2.05) is 0 Å². The van der Waals surface area contributed by atoms with Gasteiger partial charge in [0.25, 0.3) is 5.91 Å². The Labute approximate surface area is 131 Å². The summed E-state index contributed by atoms with van der Waals surface area (Å²) in [5.41, 5.74) is -1.08. The molecule has 0 aromatic carbocycles. The third kappa shape index (κ3) is 3.58. The SMILES string of the molecule is COC[C@@]1(C)NC(=O)N(CC(=O)N2CCCCCCC2)C1=O. The third-order valence-corrected chi connectivity index (χ3v) is 4.28. The second-order valence-corrected chi connectivity index (χ2v) is 6.24. The van der Waals surface area contributed by atoms with E-state index in [2.05, 4.69) is 5.32 Å². The predicted octanol–water partition coefficient (Wildman–Crippen LogP) is 0.736. The monoisotopic (exact) mass is 311 g/mol. The highest BCUT2D eigenvalue weighted by molar-refractivity contribution is 6.08. The summed E-state index contributed by atoms with van der Waals surface area (Å²) in [6.07, 6.45) is 5.42. The number of amides is 4. The highest BCUT2D eigenvalue weighted by atomic mass is 16.5. The molecule has 0 aliphatic carbocycles. The molecule has 4 amide bonds. The van der Waals surface area contributed by atoms with Crippen LogP contribution in [-0.2, 0) is 14.3 Å². The number of ether oxygens (including phenoxy) is 1. The maximum atomic E-state index is 12.4. The van der Waals surface area contributed by atoms with Crippen LogP contribution in [0.5, 0.6) is 0 Å². The highest BCUT2D eigenvalue weighted by Gasteiger charge is 2.48. The molecular weight excluding hydrogens is 286 g/mol. The van der Waals surface area contributed by atoms with Crippen molar-refractivity contribution in [2.45, 2.75) is 44.6 Å². The lowest BCUT2D eigenvalue weighted by atomic mass is 10.0. The Balaban J connectivity index is 1.98. The minimum absolute atomic E-state index is 0.0893. The Hall–Kier alpha value is -1.63. The van der Waals surface area contributed by atoms with Crippen LogP contribution in [0.15, 0.2) is 0 Å². The van der Waals surface area contributed by atoms with E-state index in [1.165, 1.54) is 13.5 Å². The molecule has 2 rings (SSSR count). The number of hydrogen-bond donors (Lipinski definition) is 1. The van der Waals surface area contributed by atoms with Crippen LogP contribution in [0.25, 0.3) is 0 Å². The normalized spacial score (nSPS) is 26.6. The average Bonchev–Trinajstić information content (AvgIpc) is 2.62. The van der Waals surface area contributed by atoms with Crippen molar-refractivity contribution >= 4 is 17.8 Å². The van der Waals surface area contributed by atoms with E-state index >= 15 is 0 Å². The van der Waals surface area contributed by atoms with E-state index in [0.717, 1.165) is 30.6 Å². The summed E-state index contributed by atoms with van der Waals surface area (Å²) in [7, 11) is 1.47. The first-order valence-corrected chi connectivity index (χ1v) is 7.89. The summed E-state index contributed by atoms with van der Waals surface area (Å²) in [6.45, 7) is 2.92. The summed E-state index contributed by atoms with van der Waals surface area (Å²) in [4.78, 5) is 39.5. The van der Waals surface area contributed by atoms with Gasteiger partial charge in [-0.25, -0.2) is 4.79 Å². The zero-order valence-electron chi connectivity index (χ0n) is 13.4. The lowest BCUT2D eigenvalue weighted by molar-refractivity contribution is -0.139. The van der Waals surface area contributed by atoms with Crippen LogP contribution in [0.3, 0.4) is 0 Å². The number of nitrogens with one attached hydrogen (secondary N) is 1. The van der Waals surface area contributed by atoms with Gasteiger partial charge in [0.15, 0.2) is 0 Å². The number of carbonyl (C=O) groups is 3. The highest BCUT2D eigenvalue weighted by Crippen LogP contribution is 2.18. The van der Waals surface area contributed by atoms with Gasteiger partial charge in [-0.2, -0.15) is 0 Å². The van der Waals surface area contributed by atoms with Crippen molar-refractivity contribution in [3.63, 3.8) is 0 Å². The van der Waals surface area contributed by atoms with Crippen molar-refractivity contribution in [3.8, 4) is 0 Å². The Kier molecular flexibility index (Phi) is 5.39. The van der Waals surface area contributed by atoms with Crippen LogP contribution in [-0.4, -0.2) is 66.5 Å². The Morgan fingerprint density at radius 3 is 2.36 bits per heavy atom. The molecule has 2 aliphatic rings. The van der Waals surface area contributed by atoms with E-state index in [0.29, 0.717) is 13.1 Å². The largest absolute Gasteiger partial charge is 0.382 e. The van der Waals surface area contributed by atoms with Gasteiger partial charge in [-0.1, -0.05) is 19.3 Å². The van der Waals surface area contributed by atoms with Gasteiger partial charge in [0, 0.05) is 20.2 Å². The maximum absolute atomic E-state index is 12.4. The van der Waals surface area contributed by atoms with Gasteiger partial charge in [0.05, 0.1) is 6.61 Å². The van der Waals surface area contributed by atoms with Gasteiger partial charge < -0.3 is 15.0 Å². The first kappa shape index (κ1) is 16.7. The molecule has 22 heavy (non-hydrogen) atoms. The molecule has 0 unspecified atom stereocenters. The van der Waals surface area contributed by atoms with Crippen molar-refractivity contribution < 1.29 is 19.1 Å². The van der Waals surface area contributed by atoms with Crippen LogP contribution in [0, 0.1) is 0 Å². The molecule has 0 radical (unpaired) electrons. The molecule has 7 nitrogen and oxygen atoms in total. The smallest absolute Gasteiger partial charge is 0.325 e. The van der Waals surface area contributed by atoms with Gasteiger partial charge in [0.1, 0.15) is 12.1 Å². The summed E-state index contributed by atoms with van der Waals surface area (Å²) >= 11 is 0. The van der Waals surface area contributed by atoms with Gasteiger partial charge in [-0.15, -0.1) is 0 Å². The summed E-state index contributed by atoms with van der Waals surface area (Å²) in [6, 6.07) is -0.523. The van der Waals surface area contributed by atoms with Gasteiger partial charge in [-0.05, 0) is 19.8 Å². The average molecular weight is 311 g/mol. The van der Waals surface area contributed by atoms with Crippen LogP contribution in [0.4, 0.5) is 4.79 Å². The van der Waals surface area contributed by atoms with Crippen LogP contribution >= 0.6 is 0 Å². The fourth-order valence-corrected chi connectivity index (χ4v) is 3.01. The van der Waals surface area contributed by atoms with Crippen molar-refractivity contribution in [1.82, 2.24) is 15.1 Å². The number of methoxy groups -OCH3 is 1. The first-order chi connectivity index (χ1) is 10.5. The lowest BCUT2D eigenvalue weighted by Crippen LogP contribution is -2.49. The topological polar surface area (TPSA) is 79.0 Å². The number of urea groups is 1. The Morgan fingerprint density at radius 2 is 1.77 bits per heavy atom. The van der Waals surface area contributed by atoms with E-state index < -0.39 is 17.5 Å². The second kappa shape index (κ2) is 7.09. The van der Waals surface area contributed by atoms with Crippen molar-refractivity contribution in [1.29, 1.82) is 0 Å². The lowest BCUT2D eigenvalue weighted by Gasteiger charge is -2.26. The molecule has 2 heterocycles. The maximum Gasteiger partial charge on any atom is 0.325 e. The molecule has 0 aromatic rings. The zero-order chi connectivity index (χ0) is 16.2. The Bertz CT molecular complexity index is 446. The first-order valence-electron chi connectivity index (χ1n) is 7.89. The Morgan fingerprint density at radius 1 is 1.18 bits per heavy atom. The summed E-state index contributed by atoms with van der Waals surface area (Å²) in [5.74, 6) is -0.563. The van der Waals surface area contributed by atoms with Crippen LogP contribution in [0.1, 0.15) is 39.0 Å². The number of rotatable bonds is 4. The molecular formula is C15H25N3O4. The molecule has 0 spiro atoms. The fraction of sp³-hybridized carbons (Fsp3) is 0.800. The van der Waals surface area contributed by atoms with E-state index in [9.17, 15) is 14.4 Å². The quantitative estimate of drug-likeness (QED) is 0.777. The molecule has 2 saturated heterocycles. The van der Waals surface area contributed by atoms with Crippen molar-refractivity contribution in [2.24, 2.45) is 0 Å². The number of nitrogens with zero attached hydrogens (tertiary/aromatic N) is 2. The second-order valence-electron chi connectivity index (χ2n) is 6.24. The summed E-state index contributed by atoms with van der Waals surface area (Å²) in [5, 5.41) is 2.60. The third-order valence-electron chi connectivity index (χ3n) is 4.28. The molecule has 0 saturated carbocycles.